The van der Waals surface area contributed by atoms with Crippen molar-refractivity contribution >= 4 is 15.9 Å². The van der Waals surface area contributed by atoms with Gasteiger partial charge in [-0.2, -0.15) is 0 Å². The SMILES string of the molecule is CC(N)C1CCN(Cc2ccc(F)cc2Br)CC1. The third kappa shape index (κ3) is 3.53. The maximum Gasteiger partial charge on any atom is 0.124 e. The van der Waals surface area contributed by atoms with Crippen LogP contribution in [-0.4, -0.2) is 24.0 Å². The Morgan fingerprint density at radius 1 is 1.44 bits per heavy atom. The number of hydrogen-bond acceptors (Lipinski definition) is 2. The number of nitrogens with two attached hydrogens (primary N) is 1. The lowest BCUT2D eigenvalue weighted by Gasteiger charge is -2.33. The first-order valence-electron chi connectivity index (χ1n) is 6.48. The molecule has 1 aromatic rings. The molecule has 1 heterocycles. The summed E-state index contributed by atoms with van der Waals surface area (Å²) in [7, 11) is 0. The van der Waals surface area contributed by atoms with Gasteiger partial charge in [0, 0.05) is 17.1 Å². The molecule has 0 amide bonds. The molecular weight excluding hydrogens is 295 g/mol. The molecule has 0 radical (unpaired) electrons. The number of likely N-dealkylation sites (tertiary alicyclic amines) is 1. The second-order valence-electron chi connectivity index (χ2n) is 5.21. The lowest BCUT2D eigenvalue weighted by Crippen LogP contribution is -2.39. The van der Waals surface area contributed by atoms with Gasteiger partial charge in [0.15, 0.2) is 0 Å². The Hall–Kier alpha value is -0.450. The minimum absolute atomic E-state index is 0.193. The Labute approximate surface area is 116 Å². The average Bonchev–Trinajstić information content (AvgIpc) is 2.33. The topological polar surface area (TPSA) is 29.3 Å². The van der Waals surface area contributed by atoms with Crippen LogP contribution in [-0.2, 0) is 6.54 Å². The fourth-order valence-electron chi connectivity index (χ4n) is 2.53. The van der Waals surface area contributed by atoms with Gasteiger partial charge in [-0.25, -0.2) is 4.39 Å². The molecule has 18 heavy (non-hydrogen) atoms. The van der Waals surface area contributed by atoms with E-state index in [-0.39, 0.29) is 5.82 Å². The number of piperidine rings is 1. The van der Waals surface area contributed by atoms with Gasteiger partial charge >= 0.3 is 0 Å². The van der Waals surface area contributed by atoms with Crippen LogP contribution in [0.5, 0.6) is 0 Å². The van der Waals surface area contributed by atoms with Crippen molar-refractivity contribution in [2.45, 2.75) is 32.4 Å². The van der Waals surface area contributed by atoms with Crippen molar-refractivity contribution in [2.24, 2.45) is 11.7 Å². The van der Waals surface area contributed by atoms with Gasteiger partial charge in [0.05, 0.1) is 0 Å². The van der Waals surface area contributed by atoms with E-state index in [0.29, 0.717) is 12.0 Å². The van der Waals surface area contributed by atoms with Crippen molar-refractivity contribution in [1.82, 2.24) is 4.90 Å². The summed E-state index contributed by atoms with van der Waals surface area (Å²) in [5.74, 6) is 0.458. The highest BCUT2D eigenvalue weighted by Crippen LogP contribution is 2.24. The summed E-state index contributed by atoms with van der Waals surface area (Å²) in [5, 5.41) is 0. The van der Waals surface area contributed by atoms with Crippen LogP contribution in [0.25, 0.3) is 0 Å². The fraction of sp³-hybridized carbons (Fsp3) is 0.571. The number of benzene rings is 1. The van der Waals surface area contributed by atoms with E-state index in [1.807, 2.05) is 6.07 Å². The molecule has 1 unspecified atom stereocenters. The van der Waals surface area contributed by atoms with Gasteiger partial charge in [0.25, 0.3) is 0 Å². The van der Waals surface area contributed by atoms with Crippen LogP contribution in [0.2, 0.25) is 0 Å². The van der Waals surface area contributed by atoms with E-state index in [2.05, 4.69) is 27.8 Å². The molecule has 2 nitrogen and oxygen atoms in total. The molecule has 2 rings (SSSR count). The van der Waals surface area contributed by atoms with E-state index in [4.69, 9.17) is 5.73 Å². The smallest absolute Gasteiger partial charge is 0.124 e. The largest absolute Gasteiger partial charge is 0.328 e. The second-order valence-corrected chi connectivity index (χ2v) is 6.06. The van der Waals surface area contributed by atoms with Crippen molar-refractivity contribution in [3.8, 4) is 0 Å². The summed E-state index contributed by atoms with van der Waals surface area (Å²) in [6, 6.07) is 5.21. The molecule has 1 atom stereocenters. The first kappa shape index (κ1) is 14.0. The molecule has 1 saturated heterocycles. The Balaban J connectivity index is 1.91. The number of hydrogen-bond donors (Lipinski definition) is 1. The third-order valence-corrected chi connectivity index (χ3v) is 4.52. The van der Waals surface area contributed by atoms with Crippen LogP contribution in [0, 0.1) is 11.7 Å². The molecule has 0 bridgehead atoms. The molecule has 0 aliphatic carbocycles. The van der Waals surface area contributed by atoms with E-state index < -0.39 is 0 Å². The second kappa shape index (κ2) is 6.13. The number of halogens is 2. The number of rotatable bonds is 3. The van der Waals surface area contributed by atoms with E-state index in [0.717, 1.165) is 42.5 Å². The molecule has 1 aromatic carbocycles. The van der Waals surface area contributed by atoms with Crippen LogP contribution < -0.4 is 5.73 Å². The van der Waals surface area contributed by atoms with Crippen LogP contribution in [0.3, 0.4) is 0 Å². The zero-order valence-corrected chi connectivity index (χ0v) is 12.3. The van der Waals surface area contributed by atoms with Gasteiger partial charge in [0.1, 0.15) is 5.82 Å². The van der Waals surface area contributed by atoms with E-state index in [9.17, 15) is 4.39 Å². The van der Waals surface area contributed by atoms with Crippen molar-refractivity contribution in [1.29, 1.82) is 0 Å². The summed E-state index contributed by atoms with van der Waals surface area (Å²) in [6.45, 7) is 5.13. The zero-order chi connectivity index (χ0) is 13.1. The molecule has 0 spiro atoms. The van der Waals surface area contributed by atoms with Crippen LogP contribution in [0.4, 0.5) is 4.39 Å². The predicted molar refractivity (Wildman–Crippen MR) is 75.8 cm³/mol. The Morgan fingerprint density at radius 2 is 2.11 bits per heavy atom. The maximum absolute atomic E-state index is 13.0. The van der Waals surface area contributed by atoms with E-state index in [1.54, 1.807) is 0 Å². The molecule has 1 fully saturated rings. The lowest BCUT2D eigenvalue weighted by atomic mass is 9.91. The molecule has 2 N–H and O–H groups in total. The summed E-state index contributed by atoms with van der Waals surface area (Å²) >= 11 is 3.42. The Kier molecular flexibility index (Phi) is 4.76. The maximum atomic E-state index is 13.0. The quantitative estimate of drug-likeness (QED) is 0.928. The average molecular weight is 315 g/mol. The first-order chi connectivity index (χ1) is 8.56. The van der Waals surface area contributed by atoms with Crippen LogP contribution in [0.1, 0.15) is 25.3 Å². The lowest BCUT2D eigenvalue weighted by molar-refractivity contribution is 0.165. The van der Waals surface area contributed by atoms with Gasteiger partial charge in [-0.05, 0) is 56.5 Å². The molecule has 0 aromatic heterocycles. The summed E-state index contributed by atoms with van der Waals surface area (Å²) in [5.41, 5.74) is 7.09. The third-order valence-electron chi connectivity index (χ3n) is 3.78. The Morgan fingerprint density at radius 3 is 2.67 bits per heavy atom. The highest BCUT2D eigenvalue weighted by molar-refractivity contribution is 9.10. The van der Waals surface area contributed by atoms with Gasteiger partial charge in [0.2, 0.25) is 0 Å². The van der Waals surface area contributed by atoms with Crippen molar-refractivity contribution in [3.63, 3.8) is 0 Å². The fourth-order valence-corrected chi connectivity index (χ4v) is 3.00. The van der Waals surface area contributed by atoms with Crippen molar-refractivity contribution in [2.75, 3.05) is 13.1 Å². The van der Waals surface area contributed by atoms with Crippen molar-refractivity contribution < 1.29 is 4.39 Å². The minimum Gasteiger partial charge on any atom is -0.328 e. The summed E-state index contributed by atoms with van der Waals surface area (Å²) in [6.07, 6.45) is 2.33. The van der Waals surface area contributed by atoms with E-state index in [1.165, 1.54) is 12.1 Å². The highest BCUT2D eigenvalue weighted by Gasteiger charge is 2.22. The minimum atomic E-state index is -0.193. The standard InChI is InChI=1S/C14H20BrFN2/c1-10(17)11-4-6-18(7-5-11)9-12-2-3-13(16)8-14(12)15/h2-3,8,10-11H,4-7,9,17H2,1H3. The zero-order valence-electron chi connectivity index (χ0n) is 10.7. The first-order valence-corrected chi connectivity index (χ1v) is 7.27. The monoisotopic (exact) mass is 314 g/mol. The van der Waals surface area contributed by atoms with Crippen LogP contribution >= 0.6 is 15.9 Å². The molecule has 100 valence electrons. The van der Waals surface area contributed by atoms with Gasteiger partial charge in [-0.3, -0.25) is 4.90 Å². The molecule has 1 aliphatic heterocycles. The molecule has 0 saturated carbocycles. The summed E-state index contributed by atoms with van der Waals surface area (Å²) in [4.78, 5) is 2.41. The van der Waals surface area contributed by atoms with E-state index >= 15 is 0 Å². The highest BCUT2D eigenvalue weighted by atomic mass is 79.9. The van der Waals surface area contributed by atoms with Gasteiger partial charge < -0.3 is 5.73 Å². The normalized spacial score (nSPS) is 20.0. The molecule has 1 aliphatic rings. The molecular formula is C14H20BrFN2. The van der Waals surface area contributed by atoms with Crippen molar-refractivity contribution in [3.05, 3.63) is 34.1 Å². The Bertz CT molecular complexity index is 401. The van der Waals surface area contributed by atoms with Gasteiger partial charge in [-0.1, -0.05) is 22.0 Å². The van der Waals surface area contributed by atoms with Crippen LogP contribution in [0.15, 0.2) is 22.7 Å². The number of nitrogens with zero attached hydrogens (tertiary/aromatic N) is 1. The predicted octanol–water partition coefficient (Wildman–Crippen LogP) is 3.15. The summed E-state index contributed by atoms with van der Waals surface area (Å²) < 4.78 is 13.9. The van der Waals surface area contributed by atoms with Gasteiger partial charge in [-0.15, -0.1) is 0 Å². The molecule has 4 heteroatoms.